The Hall–Kier alpha value is -1.31. The lowest BCUT2D eigenvalue weighted by molar-refractivity contribution is -0.137. The molecule has 0 aliphatic rings. The van der Waals surface area contributed by atoms with E-state index < -0.39 is 11.0 Å². The average Bonchev–Trinajstić information content (AvgIpc) is 2.30. The molecule has 2 heteroatoms. The number of carbonyl (C=O) groups is 1. The lowest BCUT2D eigenvalue weighted by Crippen LogP contribution is -2.50. The van der Waals surface area contributed by atoms with E-state index in [2.05, 4.69) is 0 Å². The zero-order chi connectivity index (χ0) is 14.0. The Morgan fingerprint density at radius 2 is 1.67 bits per heavy atom. The fraction of sp³-hybridized carbons (Fsp3) is 0.562. The highest BCUT2D eigenvalue weighted by molar-refractivity contribution is 5.83. The Kier molecular flexibility index (Phi) is 4.20. The van der Waals surface area contributed by atoms with Gasteiger partial charge in [-0.15, -0.1) is 0 Å². The van der Waals surface area contributed by atoms with E-state index >= 15 is 0 Å². The second kappa shape index (κ2) is 5.13. The van der Waals surface area contributed by atoms with Crippen LogP contribution in [-0.2, 0) is 4.79 Å². The summed E-state index contributed by atoms with van der Waals surface area (Å²) in [6.45, 7) is 11.7. The van der Waals surface area contributed by atoms with E-state index in [1.54, 1.807) is 6.92 Å². The van der Waals surface area contributed by atoms with Gasteiger partial charge in [0.2, 0.25) is 0 Å². The number of hydrogen-bond acceptors (Lipinski definition) is 2. The van der Waals surface area contributed by atoms with Gasteiger partial charge in [-0.05, 0) is 53.2 Å². The molecule has 1 atom stereocenters. The summed E-state index contributed by atoms with van der Waals surface area (Å²) in [5.41, 5.74) is 0.200. The summed E-state index contributed by atoms with van der Waals surface area (Å²) in [5.74, 6) is 0.980. The molecule has 0 saturated heterocycles. The summed E-state index contributed by atoms with van der Waals surface area (Å²) in [6, 6.07) is 7.94. The minimum Gasteiger partial charge on any atom is -0.487 e. The molecule has 0 radical (unpaired) electrons. The Morgan fingerprint density at radius 1 is 1.17 bits per heavy atom. The molecule has 0 spiro atoms. The molecule has 0 aliphatic heterocycles. The molecule has 1 rings (SSSR count). The third kappa shape index (κ3) is 2.74. The molecule has 0 saturated carbocycles. The summed E-state index contributed by atoms with van der Waals surface area (Å²) >= 11 is 0. The molecule has 0 aromatic heterocycles. The van der Waals surface area contributed by atoms with E-state index in [9.17, 15) is 4.79 Å². The van der Waals surface area contributed by atoms with Crippen LogP contribution in [0.25, 0.3) is 0 Å². The lowest BCUT2D eigenvalue weighted by Gasteiger charge is -2.41. The maximum atomic E-state index is 11.9. The summed E-state index contributed by atoms with van der Waals surface area (Å²) in [5, 5.41) is 0. The smallest absolute Gasteiger partial charge is 0.139 e. The Labute approximate surface area is 110 Å². The van der Waals surface area contributed by atoms with E-state index in [-0.39, 0.29) is 5.78 Å². The van der Waals surface area contributed by atoms with Crippen LogP contribution in [0.4, 0.5) is 0 Å². The molecule has 0 heterocycles. The van der Waals surface area contributed by atoms with Crippen molar-refractivity contribution in [2.24, 2.45) is 5.41 Å². The summed E-state index contributed by atoms with van der Waals surface area (Å²) in [6.07, 6.45) is 0.765. The number of hydrogen-bond donors (Lipinski definition) is 0. The molecule has 0 amide bonds. The number of ether oxygens (including phenoxy) is 1. The number of Topliss-reactive ketones (excluding diaryl/α,β-unsaturated/α-hetero) is 1. The fourth-order valence-electron chi connectivity index (χ4n) is 2.11. The van der Waals surface area contributed by atoms with Gasteiger partial charge in [-0.25, -0.2) is 0 Å². The Bertz CT molecular complexity index is 417. The lowest BCUT2D eigenvalue weighted by atomic mass is 9.70. The summed E-state index contributed by atoms with van der Waals surface area (Å²) < 4.78 is 6.05. The van der Waals surface area contributed by atoms with Crippen molar-refractivity contribution < 1.29 is 9.53 Å². The van der Waals surface area contributed by atoms with Gasteiger partial charge in [-0.3, -0.25) is 4.79 Å². The van der Waals surface area contributed by atoms with Crippen LogP contribution in [0.5, 0.6) is 5.75 Å². The maximum Gasteiger partial charge on any atom is 0.139 e. The highest BCUT2D eigenvalue weighted by atomic mass is 16.5. The molecule has 1 aromatic rings. The first-order valence-electron chi connectivity index (χ1n) is 6.49. The number of rotatable bonds is 5. The van der Waals surface area contributed by atoms with E-state index in [0.717, 1.165) is 12.2 Å². The molecular weight excluding hydrogens is 224 g/mol. The van der Waals surface area contributed by atoms with Crippen molar-refractivity contribution in [3.63, 3.8) is 0 Å². The van der Waals surface area contributed by atoms with E-state index in [1.807, 2.05) is 58.9 Å². The predicted molar refractivity (Wildman–Crippen MR) is 75.0 cm³/mol. The van der Waals surface area contributed by atoms with Crippen LogP contribution in [0, 0.1) is 12.3 Å². The van der Waals surface area contributed by atoms with Gasteiger partial charge in [0.25, 0.3) is 0 Å². The largest absolute Gasteiger partial charge is 0.487 e. The van der Waals surface area contributed by atoms with E-state index in [0.29, 0.717) is 0 Å². The number of carbonyl (C=O) groups excluding carboxylic acids is 1. The second-order valence-corrected chi connectivity index (χ2v) is 5.67. The van der Waals surface area contributed by atoms with Crippen LogP contribution >= 0.6 is 0 Å². The molecule has 0 aliphatic carbocycles. The quantitative estimate of drug-likeness (QED) is 0.782. The van der Waals surface area contributed by atoms with Gasteiger partial charge in [0.15, 0.2) is 0 Å². The van der Waals surface area contributed by atoms with Gasteiger partial charge in [0.05, 0.1) is 5.41 Å². The number of ketones is 1. The zero-order valence-corrected chi connectivity index (χ0v) is 12.3. The van der Waals surface area contributed by atoms with Crippen molar-refractivity contribution in [2.45, 2.75) is 53.6 Å². The molecule has 0 bridgehead atoms. The molecule has 100 valence electrons. The number of aryl methyl sites for hydroxylation is 1. The predicted octanol–water partition coefficient (Wildman–Crippen LogP) is 4.16. The first-order valence-corrected chi connectivity index (χ1v) is 6.49. The SMILES string of the molecule is CCC(C)(C(C)=O)C(C)(C)Oc1ccc(C)cc1. The highest BCUT2D eigenvalue weighted by Gasteiger charge is 2.45. The monoisotopic (exact) mass is 248 g/mol. The molecule has 1 aromatic carbocycles. The molecular formula is C16H24O2. The van der Waals surface area contributed by atoms with Gasteiger partial charge >= 0.3 is 0 Å². The topological polar surface area (TPSA) is 26.3 Å². The first kappa shape index (κ1) is 14.7. The Balaban J connectivity index is 2.99. The van der Waals surface area contributed by atoms with Gasteiger partial charge < -0.3 is 4.74 Å². The average molecular weight is 248 g/mol. The standard InChI is InChI=1S/C16H24O2/c1-7-16(6,13(3)17)15(4,5)18-14-10-8-12(2)9-11-14/h8-11H,7H2,1-6H3. The molecule has 0 fully saturated rings. The van der Waals surface area contributed by atoms with E-state index in [1.165, 1.54) is 5.56 Å². The normalized spacial score (nSPS) is 15.0. The molecule has 2 nitrogen and oxygen atoms in total. The van der Waals surface area contributed by atoms with Crippen molar-refractivity contribution in [2.75, 3.05) is 0 Å². The van der Waals surface area contributed by atoms with Crippen LogP contribution in [0.3, 0.4) is 0 Å². The third-order valence-corrected chi connectivity index (χ3v) is 4.21. The van der Waals surface area contributed by atoms with Crippen LogP contribution in [-0.4, -0.2) is 11.4 Å². The van der Waals surface area contributed by atoms with Crippen molar-refractivity contribution in [1.29, 1.82) is 0 Å². The minimum absolute atomic E-state index is 0.169. The van der Waals surface area contributed by atoms with Gasteiger partial charge in [-0.2, -0.15) is 0 Å². The Morgan fingerprint density at radius 3 is 2.06 bits per heavy atom. The van der Waals surface area contributed by atoms with Crippen molar-refractivity contribution in [3.05, 3.63) is 29.8 Å². The van der Waals surface area contributed by atoms with Crippen molar-refractivity contribution in [1.82, 2.24) is 0 Å². The zero-order valence-electron chi connectivity index (χ0n) is 12.3. The maximum absolute atomic E-state index is 11.9. The van der Waals surface area contributed by atoms with Crippen molar-refractivity contribution >= 4 is 5.78 Å². The van der Waals surface area contributed by atoms with Crippen LogP contribution in [0.2, 0.25) is 0 Å². The molecule has 18 heavy (non-hydrogen) atoms. The number of benzene rings is 1. The van der Waals surface area contributed by atoms with Crippen LogP contribution in [0.15, 0.2) is 24.3 Å². The first-order chi connectivity index (χ1) is 8.23. The van der Waals surface area contributed by atoms with Crippen LogP contribution in [0.1, 0.15) is 46.6 Å². The van der Waals surface area contributed by atoms with Gasteiger partial charge in [0, 0.05) is 0 Å². The van der Waals surface area contributed by atoms with E-state index in [4.69, 9.17) is 4.74 Å². The summed E-state index contributed by atoms with van der Waals surface area (Å²) in [7, 11) is 0. The van der Waals surface area contributed by atoms with Crippen molar-refractivity contribution in [3.8, 4) is 5.75 Å². The van der Waals surface area contributed by atoms with Gasteiger partial charge in [0.1, 0.15) is 17.1 Å². The second-order valence-electron chi connectivity index (χ2n) is 5.67. The third-order valence-electron chi connectivity index (χ3n) is 4.21. The molecule has 1 unspecified atom stereocenters. The highest BCUT2D eigenvalue weighted by Crippen LogP contribution is 2.38. The summed E-state index contributed by atoms with van der Waals surface area (Å²) in [4.78, 5) is 11.9. The minimum atomic E-state index is -0.525. The molecule has 0 N–H and O–H groups in total. The fourth-order valence-corrected chi connectivity index (χ4v) is 2.11. The van der Waals surface area contributed by atoms with Crippen LogP contribution < -0.4 is 4.74 Å². The van der Waals surface area contributed by atoms with Gasteiger partial charge in [-0.1, -0.05) is 24.6 Å².